The van der Waals surface area contributed by atoms with Gasteiger partial charge in [0, 0.05) is 5.56 Å². The number of benzene rings is 1. The lowest BCUT2D eigenvalue weighted by atomic mass is 10.1. The number of nitro groups is 2. The SMILES string of the molecule is Cc1cc(C(=O)[O-])c([N+](=O)[O-])cc1[N+](=O)[O-]. The van der Waals surface area contributed by atoms with Crippen molar-refractivity contribution in [2.24, 2.45) is 0 Å². The van der Waals surface area contributed by atoms with Crippen LogP contribution in [0, 0.1) is 27.2 Å². The second-order valence-electron chi connectivity index (χ2n) is 2.96. The third-order valence-electron chi connectivity index (χ3n) is 1.93. The molecule has 0 radical (unpaired) electrons. The number of aryl methyl sites for hydroxylation is 1. The van der Waals surface area contributed by atoms with Crippen LogP contribution in [0.15, 0.2) is 12.1 Å². The third kappa shape index (κ3) is 1.95. The Balaban J connectivity index is 3.55. The lowest BCUT2D eigenvalue weighted by molar-refractivity contribution is -0.395. The van der Waals surface area contributed by atoms with Gasteiger partial charge in [0.15, 0.2) is 0 Å². The minimum absolute atomic E-state index is 0.0230. The molecule has 0 aliphatic heterocycles. The number of carboxylic acid groups (broad SMARTS) is 1. The molecule has 16 heavy (non-hydrogen) atoms. The van der Waals surface area contributed by atoms with Gasteiger partial charge in [-0.2, -0.15) is 0 Å². The quantitative estimate of drug-likeness (QED) is 0.533. The Hall–Kier alpha value is -2.51. The molecule has 0 spiro atoms. The number of rotatable bonds is 3. The summed E-state index contributed by atoms with van der Waals surface area (Å²) in [5.74, 6) is -1.75. The van der Waals surface area contributed by atoms with Gasteiger partial charge in [0.05, 0.1) is 27.4 Å². The summed E-state index contributed by atoms with van der Waals surface area (Å²) >= 11 is 0. The molecule has 0 saturated heterocycles. The van der Waals surface area contributed by atoms with Gasteiger partial charge in [0.25, 0.3) is 11.4 Å². The first kappa shape index (κ1) is 11.6. The fourth-order valence-corrected chi connectivity index (χ4v) is 1.20. The smallest absolute Gasteiger partial charge is 0.285 e. The van der Waals surface area contributed by atoms with Crippen LogP contribution in [0.1, 0.15) is 15.9 Å². The average molecular weight is 225 g/mol. The third-order valence-corrected chi connectivity index (χ3v) is 1.93. The highest BCUT2D eigenvalue weighted by Crippen LogP contribution is 2.27. The standard InChI is InChI=1S/C8H6N2O6/c1-4-2-5(8(11)12)7(10(15)16)3-6(4)9(13)14/h2-3H,1H3,(H,11,12)/p-1. The van der Waals surface area contributed by atoms with Crippen molar-refractivity contribution in [1.29, 1.82) is 0 Å². The maximum absolute atomic E-state index is 10.6. The number of carboxylic acids is 1. The average Bonchev–Trinajstić information content (AvgIpc) is 2.15. The van der Waals surface area contributed by atoms with Gasteiger partial charge in [-0.25, -0.2) is 0 Å². The molecular formula is C8H5N2O6-. The first-order valence-corrected chi connectivity index (χ1v) is 3.99. The molecule has 8 nitrogen and oxygen atoms in total. The van der Waals surface area contributed by atoms with Gasteiger partial charge in [0.1, 0.15) is 0 Å². The van der Waals surface area contributed by atoms with Gasteiger partial charge in [-0.3, -0.25) is 20.2 Å². The molecule has 0 heterocycles. The molecule has 1 aromatic rings. The summed E-state index contributed by atoms with van der Waals surface area (Å²) in [5.41, 5.74) is -2.00. The normalized spacial score (nSPS) is 9.81. The van der Waals surface area contributed by atoms with E-state index in [-0.39, 0.29) is 5.56 Å². The van der Waals surface area contributed by atoms with E-state index in [1.807, 2.05) is 0 Å². The lowest BCUT2D eigenvalue weighted by Gasteiger charge is -2.05. The van der Waals surface area contributed by atoms with Crippen LogP contribution in [0.3, 0.4) is 0 Å². The van der Waals surface area contributed by atoms with Gasteiger partial charge in [-0.1, -0.05) is 0 Å². The summed E-state index contributed by atoms with van der Waals surface area (Å²) in [4.78, 5) is 29.8. The Morgan fingerprint density at radius 2 is 1.62 bits per heavy atom. The maximum atomic E-state index is 10.6. The van der Waals surface area contributed by atoms with E-state index < -0.39 is 32.8 Å². The highest BCUT2D eigenvalue weighted by atomic mass is 16.6. The van der Waals surface area contributed by atoms with Gasteiger partial charge in [0.2, 0.25) is 0 Å². The number of aromatic carboxylic acids is 1. The van der Waals surface area contributed by atoms with Crippen LogP contribution in [0.4, 0.5) is 11.4 Å². The first-order valence-electron chi connectivity index (χ1n) is 3.99. The minimum Gasteiger partial charge on any atom is -0.545 e. The monoisotopic (exact) mass is 225 g/mol. The summed E-state index contributed by atoms with van der Waals surface area (Å²) in [5, 5.41) is 31.6. The van der Waals surface area contributed by atoms with Gasteiger partial charge in [-0.15, -0.1) is 0 Å². The van der Waals surface area contributed by atoms with E-state index in [1.165, 1.54) is 6.92 Å². The van der Waals surface area contributed by atoms with Crippen LogP contribution < -0.4 is 5.11 Å². The molecule has 0 aromatic heterocycles. The molecule has 0 fully saturated rings. The Bertz CT molecular complexity index is 496. The van der Waals surface area contributed by atoms with Crippen molar-refractivity contribution in [2.45, 2.75) is 6.92 Å². The van der Waals surface area contributed by atoms with Gasteiger partial charge < -0.3 is 9.90 Å². The molecule has 1 aromatic carbocycles. The van der Waals surface area contributed by atoms with Crippen LogP contribution >= 0.6 is 0 Å². The Labute approximate surface area is 88.4 Å². The van der Waals surface area contributed by atoms with Crippen molar-refractivity contribution in [3.05, 3.63) is 43.5 Å². The molecule has 0 aliphatic carbocycles. The Morgan fingerprint density at radius 1 is 1.12 bits per heavy atom. The summed E-state index contributed by atoms with van der Waals surface area (Å²) in [6, 6.07) is 1.46. The highest BCUT2D eigenvalue weighted by Gasteiger charge is 2.22. The molecule has 0 amide bonds. The second-order valence-corrected chi connectivity index (χ2v) is 2.96. The van der Waals surface area contributed by atoms with E-state index >= 15 is 0 Å². The fraction of sp³-hybridized carbons (Fsp3) is 0.125. The van der Waals surface area contributed by atoms with Crippen molar-refractivity contribution < 1.29 is 19.7 Å². The van der Waals surface area contributed by atoms with Crippen molar-refractivity contribution in [2.75, 3.05) is 0 Å². The van der Waals surface area contributed by atoms with E-state index in [1.54, 1.807) is 0 Å². The lowest BCUT2D eigenvalue weighted by Crippen LogP contribution is -2.23. The summed E-state index contributed by atoms with van der Waals surface area (Å²) in [6.07, 6.45) is 0. The predicted octanol–water partition coefficient (Wildman–Crippen LogP) is 0.175. The molecule has 84 valence electrons. The molecule has 0 bridgehead atoms. The number of carbonyl (C=O) groups is 1. The second kappa shape index (κ2) is 3.93. The van der Waals surface area contributed by atoms with Crippen molar-refractivity contribution >= 4 is 17.3 Å². The van der Waals surface area contributed by atoms with Crippen LogP contribution in [-0.4, -0.2) is 15.8 Å². The van der Waals surface area contributed by atoms with E-state index in [0.717, 1.165) is 6.07 Å². The first-order chi connectivity index (χ1) is 7.34. The van der Waals surface area contributed by atoms with E-state index in [9.17, 15) is 30.1 Å². The maximum Gasteiger partial charge on any atom is 0.285 e. The van der Waals surface area contributed by atoms with Crippen molar-refractivity contribution in [1.82, 2.24) is 0 Å². The number of hydrogen-bond acceptors (Lipinski definition) is 6. The summed E-state index contributed by atoms with van der Waals surface area (Å²) < 4.78 is 0. The molecule has 0 atom stereocenters. The predicted molar refractivity (Wildman–Crippen MR) is 48.8 cm³/mol. The molecule has 0 unspecified atom stereocenters. The van der Waals surface area contributed by atoms with Gasteiger partial charge in [-0.05, 0) is 13.0 Å². The number of nitro benzene ring substituents is 2. The molecule has 0 aliphatic rings. The molecule has 0 saturated carbocycles. The highest BCUT2D eigenvalue weighted by molar-refractivity contribution is 5.91. The van der Waals surface area contributed by atoms with Gasteiger partial charge >= 0.3 is 0 Å². The molecule has 0 N–H and O–H groups in total. The summed E-state index contributed by atoms with van der Waals surface area (Å²) in [7, 11) is 0. The zero-order valence-corrected chi connectivity index (χ0v) is 8.00. The zero-order valence-electron chi connectivity index (χ0n) is 8.00. The number of carbonyl (C=O) groups excluding carboxylic acids is 1. The number of hydrogen-bond donors (Lipinski definition) is 0. The molecule has 1 rings (SSSR count). The van der Waals surface area contributed by atoms with Crippen molar-refractivity contribution in [3.8, 4) is 0 Å². The van der Waals surface area contributed by atoms with E-state index in [2.05, 4.69) is 0 Å². The van der Waals surface area contributed by atoms with Crippen LogP contribution in [-0.2, 0) is 0 Å². The number of nitrogens with zero attached hydrogens (tertiary/aromatic N) is 2. The Kier molecular flexibility index (Phi) is 2.84. The molecular weight excluding hydrogens is 220 g/mol. The topological polar surface area (TPSA) is 126 Å². The van der Waals surface area contributed by atoms with Crippen LogP contribution in [0.25, 0.3) is 0 Å². The minimum atomic E-state index is -1.75. The largest absolute Gasteiger partial charge is 0.545 e. The fourth-order valence-electron chi connectivity index (χ4n) is 1.20. The van der Waals surface area contributed by atoms with Crippen LogP contribution in [0.5, 0.6) is 0 Å². The Morgan fingerprint density at radius 3 is 2.00 bits per heavy atom. The van der Waals surface area contributed by atoms with E-state index in [0.29, 0.717) is 6.07 Å². The molecule has 8 heteroatoms. The zero-order chi connectivity index (χ0) is 12.5. The van der Waals surface area contributed by atoms with Crippen LogP contribution in [0.2, 0.25) is 0 Å². The van der Waals surface area contributed by atoms with E-state index in [4.69, 9.17) is 0 Å². The van der Waals surface area contributed by atoms with Crippen molar-refractivity contribution in [3.63, 3.8) is 0 Å². The summed E-state index contributed by atoms with van der Waals surface area (Å²) in [6.45, 7) is 1.29.